The maximum absolute atomic E-state index is 6.13. The van der Waals surface area contributed by atoms with Crippen molar-refractivity contribution < 1.29 is 0 Å². The fourth-order valence-electron chi connectivity index (χ4n) is 3.05. The zero-order valence-corrected chi connectivity index (χ0v) is 11.4. The molecule has 2 aliphatic rings. The summed E-state index contributed by atoms with van der Waals surface area (Å²) in [4.78, 5) is 6.94. The molecule has 1 saturated carbocycles. The van der Waals surface area contributed by atoms with Gasteiger partial charge in [-0.05, 0) is 43.4 Å². The summed E-state index contributed by atoms with van der Waals surface area (Å²) >= 11 is 0. The van der Waals surface area contributed by atoms with Crippen molar-refractivity contribution in [3.05, 3.63) is 0 Å². The molecule has 0 amide bonds. The second-order valence-corrected chi connectivity index (χ2v) is 6.07. The molecule has 1 saturated heterocycles. The minimum absolute atomic E-state index is 0.492. The Bertz CT molecular complexity index is 276. The minimum Gasteiger partial charge on any atom is -0.370 e. The van der Waals surface area contributed by atoms with E-state index in [0.717, 1.165) is 31.5 Å². The van der Waals surface area contributed by atoms with Crippen molar-refractivity contribution in [2.24, 2.45) is 22.1 Å². The molecule has 0 bridgehead atoms. The first-order valence-corrected chi connectivity index (χ1v) is 7.20. The summed E-state index contributed by atoms with van der Waals surface area (Å²) in [7, 11) is 0. The predicted octanol–water partition coefficient (Wildman–Crippen LogP) is 2.61. The Hall–Kier alpha value is -0.730. The van der Waals surface area contributed by atoms with Gasteiger partial charge in [0.2, 0.25) is 0 Å². The van der Waals surface area contributed by atoms with Gasteiger partial charge in [0.1, 0.15) is 0 Å². The molecule has 0 radical (unpaired) electrons. The Balaban J connectivity index is 1.87. The maximum atomic E-state index is 6.13. The van der Waals surface area contributed by atoms with E-state index in [-0.39, 0.29) is 0 Å². The predicted molar refractivity (Wildman–Crippen MR) is 73.0 cm³/mol. The van der Waals surface area contributed by atoms with E-state index >= 15 is 0 Å². The van der Waals surface area contributed by atoms with E-state index in [4.69, 9.17) is 5.73 Å². The summed E-state index contributed by atoms with van der Waals surface area (Å²) in [5.74, 6) is 1.55. The molecule has 0 spiro atoms. The van der Waals surface area contributed by atoms with E-state index in [2.05, 4.69) is 23.7 Å². The summed E-state index contributed by atoms with van der Waals surface area (Å²) < 4.78 is 0. The molecule has 2 N–H and O–H groups in total. The summed E-state index contributed by atoms with van der Waals surface area (Å²) in [6.45, 7) is 7.72. The van der Waals surface area contributed by atoms with Gasteiger partial charge in [0.25, 0.3) is 0 Å². The number of hydrogen-bond acceptors (Lipinski definition) is 1. The van der Waals surface area contributed by atoms with Gasteiger partial charge in [-0.15, -0.1) is 0 Å². The van der Waals surface area contributed by atoms with E-state index in [1.54, 1.807) is 0 Å². The first kappa shape index (κ1) is 12.7. The third-order valence-corrected chi connectivity index (χ3v) is 4.72. The van der Waals surface area contributed by atoms with Crippen molar-refractivity contribution in [2.75, 3.05) is 19.6 Å². The third kappa shape index (κ3) is 2.93. The van der Waals surface area contributed by atoms with E-state index in [0.29, 0.717) is 5.41 Å². The Morgan fingerprint density at radius 1 is 1.41 bits per heavy atom. The molecule has 3 nitrogen and oxygen atoms in total. The van der Waals surface area contributed by atoms with Crippen LogP contribution in [0.25, 0.3) is 0 Å². The highest BCUT2D eigenvalue weighted by Gasteiger charge is 2.34. The van der Waals surface area contributed by atoms with Crippen LogP contribution in [0.1, 0.15) is 52.4 Å². The Labute approximate surface area is 105 Å². The molecule has 98 valence electrons. The highest BCUT2D eigenvalue weighted by Crippen LogP contribution is 2.43. The van der Waals surface area contributed by atoms with E-state index in [1.165, 1.54) is 38.5 Å². The smallest absolute Gasteiger partial charge is 0.191 e. The third-order valence-electron chi connectivity index (χ3n) is 4.72. The van der Waals surface area contributed by atoms with Crippen molar-refractivity contribution >= 4 is 5.96 Å². The fourth-order valence-corrected chi connectivity index (χ4v) is 3.05. The van der Waals surface area contributed by atoms with Crippen molar-refractivity contribution in [3.63, 3.8) is 0 Å². The van der Waals surface area contributed by atoms with Crippen molar-refractivity contribution in [1.82, 2.24) is 4.90 Å². The molecule has 1 unspecified atom stereocenters. The largest absolute Gasteiger partial charge is 0.370 e. The van der Waals surface area contributed by atoms with Gasteiger partial charge in [0.05, 0.1) is 0 Å². The Morgan fingerprint density at radius 3 is 2.71 bits per heavy atom. The lowest BCUT2D eigenvalue weighted by Crippen LogP contribution is -2.44. The molecule has 3 heteroatoms. The number of hydrogen-bond donors (Lipinski definition) is 1. The van der Waals surface area contributed by atoms with Gasteiger partial charge in [-0.3, -0.25) is 4.99 Å². The van der Waals surface area contributed by atoms with Gasteiger partial charge in [-0.2, -0.15) is 0 Å². The zero-order valence-electron chi connectivity index (χ0n) is 11.4. The lowest BCUT2D eigenvalue weighted by Gasteiger charge is -2.40. The second kappa shape index (κ2) is 5.28. The Morgan fingerprint density at radius 2 is 2.18 bits per heavy atom. The van der Waals surface area contributed by atoms with Crippen molar-refractivity contribution in [2.45, 2.75) is 52.4 Å². The van der Waals surface area contributed by atoms with Crippen LogP contribution >= 0.6 is 0 Å². The van der Waals surface area contributed by atoms with Crippen LogP contribution in [0.5, 0.6) is 0 Å². The van der Waals surface area contributed by atoms with Crippen molar-refractivity contribution in [3.8, 4) is 0 Å². The molecule has 1 heterocycles. The summed E-state index contributed by atoms with van der Waals surface area (Å²) in [6.07, 6.45) is 7.91. The van der Waals surface area contributed by atoms with Crippen LogP contribution in [0, 0.1) is 11.3 Å². The zero-order chi connectivity index (χ0) is 12.3. The lowest BCUT2D eigenvalue weighted by atomic mass is 9.67. The average Bonchev–Trinajstić information content (AvgIpc) is 2.28. The van der Waals surface area contributed by atoms with Gasteiger partial charge < -0.3 is 10.6 Å². The van der Waals surface area contributed by atoms with Crippen LogP contribution in [-0.4, -0.2) is 30.5 Å². The normalized spacial score (nSPS) is 28.9. The highest BCUT2D eigenvalue weighted by atomic mass is 15.3. The number of aliphatic imine (C=N–C) groups is 1. The van der Waals surface area contributed by atoms with Crippen LogP contribution in [0.15, 0.2) is 4.99 Å². The summed E-state index contributed by atoms with van der Waals surface area (Å²) in [6, 6.07) is 0. The molecule has 1 atom stereocenters. The monoisotopic (exact) mass is 237 g/mol. The minimum atomic E-state index is 0.492. The van der Waals surface area contributed by atoms with Crippen LogP contribution in [0.3, 0.4) is 0 Å². The first-order valence-electron chi connectivity index (χ1n) is 7.20. The van der Waals surface area contributed by atoms with Gasteiger partial charge >= 0.3 is 0 Å². The van der Waals surface area contributed by atoms with Crippen LogP contribution in [0.4, 0.5) is 0 Å². The highest BCUT2D eigenvalue weighted by molar-refractivity contribution is 5.78. The van der Waals surface area contributed by atoms with Crippen LogP contribution in [-0.2, 0) is 0 Å². The topological polar surface area (TPSA) is 41.6 Å². The van der Waals surface area contributed by atoms with E-state index in [1.807, 2.05) is 0 Å². The number of piperidine rings is 1. The van der Waals surface area contributed by atoms with Crippen LogP contribution in [0.2, 0.25) is 0 Å². The molecular weight excluding hydrogens is 210 g/mol. The van der Waals surface area contributed by atoms with Gasteiger partial charge in [-0.25, -0.2) is 0 Å². The van der Waals surface area contributed by atoms with Gasteiger partial charge in [-0.1, -0.05) is 20.3 Å². The second-order valence-electron chi connectivity index (χ2n) is 6.07. The Kier molecular flexibility index (Phi) is 3.95. The molecule has 1 aliphatic carbocycles. The van der Waals surface area contributed by atoms with Gasteiger partial charge in [0, 0.05) is 19.6 Å². The maximum Gasteiger partial charge on any atom is 0.191 e. The number of guanidine groups is 1. The molecule has 0 aromatic rings. The fraction of sp³-hybridized carbons (Fsp3) is 0.929. The SMILES string of the molecule is CCC1(CN=C(N)N2CCCC(C)C2)CCC1. The number of nitrogens with two attached hydrogens (primary N) is 1. The quantitative estimate of drug-likeness (QED) is 0.605. The summed E-state index contributed by atoms with van der Waals surface area (Å²) in [5.41, 5.74) is 6.62. The van der Waals surface area contributed by atoms with E-state index in [9.17, 15) is 0 Å². The number of likely N-dealkylation sites (tertiary alicyclic amines) is 1. The first-order chi connectivity index (χ1) is 8.15. The molecule has 1 aliphatic heterocycles. The average molecular weight is 237 g/mol. The van der Waals surface area contributed by atoms with Crippen LogP contribution < -0.4 is 5.73 Å². The molecule has 2 fully saturated rings. The lowest BCUT2D eigenvalue weighted by molar-refractivity contribution is 0.138. The number of nitrogens with zero attached hydrogens (tertiary/aromatic N) is 2. The molecule has 0 aromatic carbocycles. The number of rotatable bonds is 3. The standard InChI is InChI=1S/C14H27N3/c1-3-14(7-5-8-14)11-16-13(15)17-9-4-6-12(2)10-17/h12H,3-11H2,1-2H3,(H2,15,16). The molecule has 0 aromatic heterocycles. The molecular formula is C14H27N3. The molecule has 17 heavy (non-hydrogen) atoms. The van der Waals surface area contributed by atoms with Gasteiger partial charge in [0.15, 0.2) is 5.96 Å². The van der Waals surface area contributed by atoms with E-state index < -0.39 is 0 Å². The molecule has 2 rings (SSSR count). The van der Waals surface area contributed by atoms with Crippen molar-refractivity contribution in [1.29, 1.82) is 0 Å². The summed E-state index contributed by atoms with van der Waals surface area (Å²) in [5, 5.41) is 0.